The number of carbonyl (C=O) groups is 2. The van der Waals surface area contributed by atoms with Gasteiger partial charge < -0.3 is 23.4 Å². The molecule has 0 unspecified atom stereocenters. The Balaban J connectivity index is 1.65. The molecule has 4 rings (SSSR count). The van der Waals surface area contributed by atoms with Crippen molar-refractivity contribution in [2.24, 2.45) is 0 Å². The van der Waals surface area contributed by atoms with Gasteiger partial charge in [0.05, 0.1) is 30.5 Å². The zero-order chi connectivity index (χ0) is 33.3. The molecular weight excluding hydrogens is 600 g/mol. The second kappa shape index (κ2) is 15.1. The van der Waals surface area contributed by atoms with Crippen LogP contribution in [0, 0.1) is 0 Å². The SMILES string of the molecule is CCOC(=O)[C@H](Cc1cc(O[Si](C)(C)C(C)(C)C)ccc1OCc1ccnc(-c2ccccc2OC)n1)OC(=O)c1ccccc1. The lowest BCUT2D eigenvalue weighted by Crippen LogP contribution is -2.43. The summed E-state index contributed by atoms with van der Waals surface area (Å²) >= 11 is 0. The van der Waals surface area contributed by atoms with E-state index in [9.17, 15) is 9.59 Å². The van der Waals surface area contributed by atoms with Crippen molar-refractivity contribution < 1.29 is 33.0 Å². The first-order valence-corrected chi connectivity index (χ1v) is 18.2. The summed E-state index contributed by atoms with van der Waals surface area (Å²) in [7, 11) is -0.590. The maximum Gasteiger partial charge on any atom is 0.347 e. The van der Waals surface area contributed by atoms with Gasteiger partial charge in [-0.2, -0.15) is 0 Å². The smallest absolute Gasteiger partial charge is 0.347 e. The Hall–Kier alpha value is -4.70. The van der Waals surface area contributed by atoms with Gasteiger partial charge >= 0.3 is 11.9 Å². The molecule has 46 heavy (non-hydrogen) atoms. The molecule has 1 heterocycles. The lowest BCUT2D eigenvalue weighted by molar-refractivity contribution is -0.153. The number of methoxy groups -OCH3 is 1. The van der Waals surface area contributed by atoms with Crippen molar-refractivity contribution >= 4 is 20.3 Å². The average molecular weight is 643 g/mol. The largest absolute Gasteiger partial charge is 0.543 e. The zero-order valence-electron chi connectivity index (χ0n) is 27.5. The third-order valence-corrected chi connectivity index (χ3v) is 12.2. The second-order valence-corrected chi connectivity index (χ2v) is 16.9. The van der Waals surface area contributed by atoms with Crippen molar-refractivity contribution in [1.82, 2.24) is 9.97 Å². The molecule has 9 nitrogen and oxygen atoms in total. The molecular formula is C36H42N2O7Si. The maximum absolute atomic E-state index is 13.1. The van der Waals surface area contributed by atoms with Gasteiger partial charge in [0.15, 0.2) is 5.82 Å². The maximum atomic E-state index is 13.1. The normalized spacial score (nSPS) is 12.2. The molecule has 0 spiro atoms. The predicted octanol–water partition coefficient (Wildman–Crippen LogP) is 7.45. The topological polar surface area (TPSA) is 106 Å². The van der Waals surface area contributed by atoms with Gasteiger partial charge in [-0.25, -0.2) is 19.6 Å². The van der Waals surface area contributed by atoms with E-state index in [2.05, 4.69) is 38.8 Å². The molecule has 1 aromatic heterocycles. The van der Waals surface area contributed by atoms with E-state index in [0.29, 0.717) is 39.9 Å². The van der Waals surface area contributed by atoms with E-state index in [1.807, 2.05) is 36.4 Å². The van der Waals surface area contributed by atoms with E-state index in [4.69, 9.17) is 28.4 Å². The highest BCUT2D eigenvalue weighted by Gasteiger charge is 2.39. The molecule has 10 heteroatoms. The first-order valence-electron chi connectivity index (χ1n) is 15.2. The minimum Gasteiger partial charge on any atom is -0.543 e. The summed E-state index contributed by atoms with van der Waals surface area (Å²) in [6.45, 7) is 12.8. The molecule has 0 aliphatic carbocycles. The van der Waals surface area contributed by atoms with Gasteiger partial charge in [-0.15, -0.1) is 0 Å². The van der Waals surface area contributed by atoms with Crippen molar-refractivity contribution in [2.75, 3.05) is 13.7 Å². The first kappa shape index (κ1) is 34.2. The molecule has 242 valence electrons. The van der Waals surface area contributed by atoms with Gasteiger partial charge in [0, 0.05) is 18.2 Å². The summed E-state index contributed by atoms with van der Waals surface area (Å²) < 4.78 is 29.4. The van der Waals surface area contributed by atoms with Gasteiger partial charge in [0.25, 0.3) is 0 Å². The van der Waals surface area contributed by atoms with Crippen LogP contribution in [0.1, 0.15) is 49.3 Å². The van der Waals surface area contributed by atoms with E-state index < -0.39 is 26.4 Å². The fourth-order valence-electron chi connectivity index (χ4n) is 4.33. The Kier molecular flexibility index (Phi) is 11.2. The fourth-order valence-corrected chi connectivity index (χ4v) is 5.36. The molecule has 4 aromatic rings. The molecule has 0 fully saturated rings. The van der Waals surface area contributed by atoms with Crippen molar-refractivity contribution in [3.05, 3.63) is 102 Å². The molecule has 0 amide bonds. The van der Waals surface area contributed by atoms with Gasteiger partial charge in [0.2, 0.25) is 14.4 Å². The standard InChI is InChI=1S/C36H42N2O7Si/c1-8-42-35(40)32(44-34(39)25-14-10-9-11-15-25)23-26-22-28(45-46(6,7)36(2,3)4)18-19-30(26)43-24-27-20-21-37-33(38-27)29-16-12-13-17-31(29)41-5/h9-22,32H,8,23-24H2,1-7H3/t32-/m0/s1. The Morgan fingerprint density at radius 1 is 0.913 bits per heavy atom. The number of nitrogens with zero attached hydrogens (tertiary/aromatic N) is 2. The van der Waals surface area contributed by atoms with E-state index in [1.54, 1.807) is 62.7 Å². The quantitative estimate of drug-likeness (QED) is 0.109. The molecule has 0 aliphatic heterocycles. The molecule has 0 saturated heterocycles. The Labute approximate surface area is 272 Å². The van der Waals surface area contributed by atoms with Crippen molar-refractivity contribution in [3.63, 3.8) is 0 Å². The van der Waals surface area contributed by atoms with E-state index in [-0.39, 0.29) is 24.7 Å². The lowest BCUT2D eigenvalue weighted by Gasteiger charge is -2.36. The summed E-state index contributed by atoms with van der Waals surface area (Å²) in [6.07, 6.45) is 0.469. The highest BCUT2D eigenvalue weighted by Crippen LogP contribution is 2.38. The van der Waals surface area contributed by atoms with Crippen LogP contribution in [0.25, 0.3) is 11.4 Å². The van der Waals surface area contributed by atoms with Gasteiger partial charge in [-0.1, -0.05) is 51.1 Å². The van der Waals surface area contributed by atoms with Crippen LogP contribution in [0.5, 0.6) is 17.2 Å². The third-order valence-electron chi connectivity index (χ3n) is 7.86. The van der Waals surface area contributed by atoms with Crippen molar-refractivity contribution in [2.45, 2.75) is 65.0 Å². The number of esters is 2. The highest BCUT2D eigenvalue weighted by atomic mass is 28.4. The number of rotatable bonds is 13. The zero-order valence-corrected chi connectivity index (χ0v) is 28.5. The van der Waals surface area contributed by atoms with Crippen LogP contribution in [0.15, 0.2) is 85.1 Å². The Bertz CT molecular complexity index is 1640. The average Bonchev–Trinajstić information content (AvgIpc) is 3.04. The summed E-state index contributed by atoms with van der Waals surface area (Å²) in [6, 6.07) is 23.3. The summed E-state index contributed by atoms with van der Waals surface area (Å²) in [5.74, 6) is 1.03. The predicted molar refractivity (Wildman–Crippen MR) is 179 cm³/mol. The summed E-state index contributed by atoms with van der Waals surface area (Å²) in [4.78, 5) is 35.2. The number of para-hydroxylation sites is 1. The van der Waals surface area contributed by atoms with E-state index in [0.717, 1.165) is 5.56 Å². The Morgan fingerprint density at radius 2 is 1.63 bits per heavy atom. The number of hydrogen-bond donors (Lipinski definition) is 0. The lowest BCUT2D eigenvalue weighted by atomic mass is 10.1. The Morgan fingerprint density at radius 3 is 2.33 bits per heavy atom. The van der Waals surface area contributed by atoms with E-state index in [1.165, 1.54) is 0 Å². The van der Waals surface area contributed by atoms with Crippen LogP contribution in [0.3, 0.4) is 0 Å². The molecule has 0 saturated carbocycles. The third kappa shape index (κ3) is 8.72. The fraction of sp³-hybridized carbons (Fsp3) is 0.333. The second-order valence-electron chi connectivity index (χ2n) is 12.2. The molecule has 3 aromatic carbocycles. The van der Waals surface area contributed by atoms with E-state index >= 15 is 0 Å². The van der Waals surface area contributed by atoms with Crippen molar-refractivity contribution in [3.8, 4) is 28.6 Å². The number of hydrogen-bond acceptors (Lipinski definition) is 9. The number of benzene rings is 3. The number of carbonyl (C=O) groups excluding carboxylic acids is 2. The van der Waals surface area contributed by atoms with Gasteiger partial charge in [0.1, 0.15) is 23.9 Å². The molecule has 0 radical (unpaired) electrons. The van der Waals surface area contributed by atoms with Crippen LogP contribution in [0.4, 0.5) is 0 Å². The molecule has 0 bridgehead atoms. The van der Waals surface area contributed by atoms with Crippen LogP contribution < -0.4 is 13.9 Å². The summed E-state index contributed by atoms with van der Waals surface area (Å²) in [5.41, 5.74) is 2.35. The van der Waals surface area contributed by atoms with Crippen LogP contribution >= 0.6 is 0 Å². The van der Waals surface area contributed by atoms with Gasteiger partial charge in [-0.3, -0.25) is 0 Å². The number of aromatic nitrogens is 2. The molecule has 1 atom stereocenters. The van der Waals surface area contributed by atoms with Crippen LogP contribution in [0.2, 0.25) is 18.1 Å². The monoisotopic (exact) mass is 642 g/mol. The number of ether oxygens (including phenoxy) is 4. The van der Waals surface area contributed by atoms with Crippen LogP contribution in [-0.2, 0) is 27.3 Å². The van der Waals surface area contributed by atoms with Crippen LogP contribution in [-0.4, -0.2) is 50.0 Å². The minimum atomic E-state index is -2.19. The first-order chi connectivity index (χ1) is 21.9. The minimum absolute atomic E-state index is 0.0116. The summed E-state index contributed by atoms with van der Waals surface area (Å²) in [5, 5.41) is -0.0346. The molecule has 0 aliphatic rings. The van der Waals surface area contributed by atoms with Crippen molar-refractivity contribution in [1.29, 1.82) is 0 Å². The highest BCUT2D eigenvalue weighted by molar-refractivity contribution is 6.74. The molecule has 0 N–H and O–H groups in total. The van der Waals surface area contributed by atoms with Gasteiger partial charge in [-0.05, 0) is 73.6 Å².